The largest absolute Gasteiger partial charge is 0.504 e. The Morgan fingerprint density at radius 2 is 1.58 bits per heavy atom. The van der Waals surface area contributed by atoms with E-state index in [4.69, 9.17) is 9.15 Å². The molecule has 1 saturated carbocycles. The Labute approximate surface area is 312 Å². The van der Waals surface area contributed by atoms with Crippen molar-refractivity contribution in [3.63, 3.8) is 0 Å². The van der Waals surface area contributed by atoms with Crippen molar-refractivity contribution in [1.29, 1.82) is 0 Å². The highest BCUT2D eigenvalue weighted by molar-refractivity contribution is 14.1. The number of ether oxygens (including phenoxy) is 1. The number of para-hydroxylation sites is 3. The number of oxazole rings is 1. The molecule has 11 heteroatoms. The van der Waals surface area contributed by atoms with Gasteiger partial charge in [-0.15, -0.1) is 0 Å². The quantitative estimate of drug-likeness (QED) is 0.112. The second kappa shape index (κ2) is 11.9. The van der Waals surface area contributed by atoms with Crippen molar-refractivity contribution >= 4 is 68.7 Å². The van der Waals surface area contributed by atoms with Gasteiger partial charge in [0.05, 0.1) is 45.2 Å². The van der Waals surface area contributed by atoms with Crippen LogP contribution in [0.3, 0.4) is 0 Å². The van der Waals surface area contributed by atoms with Crippen LogP contribution in [0.15, 0.2) is 107 Å². The number of anilines is 2. The van der Waals surface area contributed by atoms with Crippen LogP contribution in [-0.4, -0.2) is 40.8 Å². The van der Waals surface area contributed by atoms with E-state index in [9.17, 15) is 24.3 Å². The number of aromatic nitrogens is 1. The molecule has 5 aromatic rings. The maximum Gasteiger partial charge on any atom is 0.241 e. The van der Waals surface area contributed by atoms with Gasteiger partial charge in [-0.3, -0.25) is 24.1 Å². The van der Waals surface area contributed by atoms with Crippen molar-refractivity contribution in [3.05, 3.63) is 112 Å². The second-order valence-corrected chi connectivity index (χ2v) is 15.3. The van der Waals surface area contributed by atoms with Gasteiger partial charge in [0.25, 0.3) is 0 Å². The van der Waals surface area contributed by atoms with Crippen molar-refractivity contribution in [1.82, 2.24) is 4.98 Å². The Balaban J connectivity index is 1.11. The molecule has 6 atom stereocenters. The van der Waals surface area contributed by atoms with E-state index in [0.717, 1.165) is 11.1 Å². The van der Waals surface area contributed by atoms with Crippen LogP contribution in [0.2, 0.25) is 0 Å². The van der Waals surface area contributed by atoms with Gasteiger partial charge in [0.2, 0.25) is 29.5 Å². The Morgan fingerprint density at radius 1 is 0.865 bits per heavy atom. The summed E-state index contributed by atoms with van der Waals surface area (Å²) in [6.45, 7) is 1.84. The fourth-order valence-electron chi connectivity index (χ4n) is 9.14. The lowest BCUT2D eigenvalue weighted by atomic mass is 9.51. The summed E-state index contributed by atoms with van der Waals surface area (Å²) >= 11 is 2.03. The third kappa shape index (κ3) is 4.57. The average Bonchev–Trinajstić information content (AvgIpc) is 3.76. The van der Waals surface area contributed by atoms with Gasteiger partial charge in [-0.2, -0.15) is 0 Å². The molecule has 4 aromatic carbocycles. The van der Waals surface area contributed by atoms with E-state index in [1.54, 1.807) is 54.6 Å². The minimum atomic E-state index is -1.21. The molecule has 1 N–H and O–H groups in total. The molecular formula is C41H32IN3O7. The Morgan fingerprint density at radius 3 is 2.31 bits per heavy atom. The minimum absolute atomic E-state index is 0.0207. The average molecular weight is 806 g/mol. The molecule has 260 valence electrons. The molecule has 1 aromatic heterocycles. The lowest BCUT2D eigenvalue weighted by Gasteiger charge is -2.49. The van der Waals surface area contributed by atoms with E-state index < -0.39 is 35.0 Å². The normalized spacial score (nSPS) is 26.8. The summed E-state index contributed by atoms with van der Waals surface area (Å²) in [5.41, 5.74) is 3.38. The predicted molar refractivity (Wildman–Crippen MR) is 200 cm³/mol. The first-order chi connectivity index (χ1) is 25.1. The van der Waals surface area contributed by atoms with Gasteiger partial charge in [0.1, 0.15) is 5.52 Å². The topological polar surface area (TPSA) is 130 Å². The summed E-state index contributed by atoms with van der Waals surface area (Å²) in [6.07, 6.45) is 2.56. The fraction of sp³-hybridized carbons (Fsp3) is 0.244. The lowest BCUT2D eigenvalue weighted by Crippen LogP contribution is -2.48. The molecule has 3 heterocycles. The van der Waals surface area contributed by atoms with Crippen molar-refractivity contribution in [2.24, 2.45) is 29.1 Å². The zero-order valence-corrected chi connectivity index (χ0v) is 30.3. The molecule has 2 saturated heterocycles. The number of carbonyl (C=O) groups excluding carboxylic acids is 4. The van der Waals surface area contributed by atoms with Gasteiger partial charge in [0.15, 0.2) is 17.1 Å². The summed E-state index contributed by atoms with van der Waals surface area (Å²) in [6, 6.07) is 26.9. The number of halogens is 1. The molecular weight excluding hydrogens is 773 g/mol. The first kappa shape index (κ1) is 32.6. The highest BCUT2D eigenvalue weighted by Crippen LogP contribution is 2.64. The van der Waals surface area contributed by atoms with E-state index in [1.807, 2.05) is 72.0 Å². The first-order valence-corrected chi connectivity index (χ1v) is 18.2. The molecule has 4 amide bonds. The number of hydrogen-bond donors (Lipinski definition) is 1. The first-order valence-electron chi connectivity index (χ1n) is 17.2. The van der Waals surface area contributed by atoms with Crippen LogP contribution in [0, 0.1) is 32.7 Å². The van der Waals surface area contributed by atoms with Gasteiger partial charge in [-0.25, -0.2) is 9.88 Å². The third-order valence-corrected chi connectivity index (χ3v) is 12.4. The number of phenolic OH excluding ortho intramolecular Hbond substituents is 1. The molecule has 3 fully saturated rings. The number of benzene rings is 4. The zero-order valence-electron chi connectivity index (χ0n) is 28.2. The molecule has 4 aliphatic rings. The van der Waals surface area contributed by atoms with Gasteiger partial charge in [-0.05, 0) is 115 Å². The van der Waals surface area contributed by atoms with Gasteiger partial charge >= 0.3 is 0 Å². The molecule has 2 aliphatic carbocycles. The maximum atomic E-state index is 14.7. The fourth-order valence-corrected chi connectivity index (χ4v) is 9.76. The van der Waals surface area contributed by atoms with Gasteiger partial charge in [-0.1, -0.05) is 42.0 Å². The van der Waals surface area contributed by atoms with Crippen LogP contribution in [0.5, 0.6) is 11.5 Å². The van der Waals surface area contributed by atoms with Crippen LogP contribution in [0.25, 0.3) is 22.6 Å². The number of nitrogens with zero attached hydrogens (tertiary/aromatic N) is 3. The smallest absolute Gasteiger partial charge is 0.241 e. The van der Waals surface area contributed by atoms with E-state index >= 15 is 0 Å². The molecule has 9 rings (SSSR count). The molecule has 0 spiro atoms. The number of imide groups is 2. The van der Waals surface area contributed by atoms with Crippen LogP contribution in [0.4, 0.5) is 11.4 Å². The zero-order chi connectivity index (χ0) is 36.1. The number of rotatable bonds is 5. The number of allylic oxidation sites excluding steroid dienone is 2. The summed E-state index contributed by atoms with van der Waals surface area (Å²) in [5.74, 6) is -3.80. The summed E-state index contributed by atoms with van der Waals surface area (Å²) < 4.78 is 12.0. The van der Waals surface area contributed by atoms with Crippen LogP contribution in [-0.2, 0) is 19.2 Å². The molecule has 52 heavy (non-hydrogen) atoms. The number of fused-ring (bicyclic) bond motifs is 5. The minimum Gasteiger partial charge on any atom is -0.504 e. The van der Waals surface area contributed by atoms with E-state index in [-0.39, 0.29) is 41.5 Å². The highest BCUT2D eigenvalue weighted by Gasteiger charge is 2.67. The van der Waals surface area contributed by atoms with Crippen molar-refractivity contribution in [3.8, 4) is 23.0 Å². The lowest BCUT2D eigenvalue weighted by molar-refractivity contribution is -0.131. The van der Waals surface area contributed by atoms with E-state index in [1.165, 1.54) is 16.9 Å². The molecule has 0 unspecified atom stereocenters. The molecule has 2 aliphatic heterocycles. The summed E-state index contributed by atoms with van der Waals surface area (Å²) in [4.78, 5) is 64.9. The van der Waals surface area contributed by atoms with E-state index in [0.29, 0.717) is 44.0 Å². The Hall–Kier alpha value is -5.30. The maximum absolute atomic E-state index is 14.7. The Kier molecular flexibility index (Phi) is 7.44. The number of phenols is 1. The van der Waals surface area contributed by atoms with E-state index in [2.05, 4.69) is 4.98 Å². The summed E-state index contributed by atoms with van der Waals surface area (Å²) in [7, 11) is 1.46. The highest BCUT2D eigenvalue weighted by atomic mass is 127. The number of hydrogen-bond acceptors (Lipinski definition) is 8. The van der Waals surface area contributed by atoms with Crippen LogP contribution < -0.4 is 14.5 Å². The molecule has 0 bridgehead atoms. The van der Waals surface area contributed by atoms with Crippen molar-refractivity contribution in [2.75, 3.05) is 16.9 Å². The Bertz CT molecular complexity index is 2340. The second-order valence-electron chi connectivity index (χ2n) is 14.1. The van der Waals surface area contributed by atoms with Crippen LogP contribution >= 0.6 is 22.6 Å². The van der Waals surface area contributed by atoms with Crippen LogP contribution in [0.1, 0.15) is 31.2 Å². The predicted octanol–water partition coefficient (Wildman–Crippen LogP) is 7.25. The SMILES string of the molecule is COc1cc([C@H]2C3=CC[C@@H]4C(=O)N(c5ccc(-c6nc7ccccc7o6)cc5)C(=O)[C@@H]4[C@@H]3C[C@H]3C(=O)N(c4ccccc4)C(=O)[C@@]23C)cc(I)c1O. The van der Waals surface area contributed by atoms with Gasteiger partial charge < -0.3 is 14.3 Å². The van der Waals surface area contributed by atoms with Crippen molar-refractivity contribution in [2.45, 2.75) is 25.7 Å². The monoisotopic (exact) mass is 805 g/mol. The number of aromatic hydroxyl groups is 1. The standard InChI is InChI=1S/C41H32IN3O7/c1-41-28(38(48)45(40(41)50)23-8-4-3-5-9-23)20-27-25(34(41)22-18-29(42)35(46)32(19-22)51-2)16-17-26-33(27)39(49)44(37(26)47)24-14-12-21(13-15-24)36-43-30-10-6-7-11-31(30)52-36/h3-16,18-19,26-28,33-34,46H,17,20H2,1-2H3/t26-,27+,28-,33-,34-,41+/m0/s1. The third-order valence-electron chi connectivity index (χ3n) is 11.6. The van der Waals surface area contributed by atoms with Gasteiger partial charge in [0, 0.05) is 11.5 Å². The van der Waals surface area contributed by atoms with Crippen molar-refractivity contribution < 1.29 is 33.4 Å². The molecule has 10 nitrogen and oxygen atoms in total. The number of carbonyl (C=O) groups is 4. The number of methoxy groups -OCH3 is 1. The number of amides is 4. The summed E-state index contributed by atoms with van der Waals surface area (Å²) in [5, 5.41) is 10.8. The molecule has 0 radical (unpaired) electrons.